The summed E-state index contributed by atoms with van der Waals surface area (Å²) in [5.74, 6) is -0.204. The Hall–Kier alpha value is -1.96. The summed E-state index contributed by atoms with van der Waals surface area (Å²) in [6.45, 7) is 4.53. The molecule has 4 nitrogen and oxygen atoms in total. The Morgan fingerprint density at radius 1 is 1.22 bits per heavy atom. The lowest BCUT2D eigenvalue weighted by Gasteiger charge is -2.19. The fraction of sp³-hybridized carbons (Fsp3) is 0.400. The number of amides is 1. The maximum atomic E-state index is 12.5. The lowest BCUT2D eigenvalue weighted by atomic mass is 10.1. The topological polar surface area (TPSA) is 46.1 Å². The third kappa shape index (κ3) is 4.51. The van der Waals surface area contributed by atoms with Gasteiger partial charge in [0.15, 0.2) is 0 Å². The average Bonchev–Trinajstić information content (AvgIpc) is 2.94. The predicted molar refractivity (Wildman–Crippen MR) is 81.4 cm³/mol. The summed E-state index contributed by atoms with van der Waals surface area (Å²) in [4.78, 5) is 13.9. The van der Waals surface area contributed by atoms with Crippen molar-refractivity contribution in [2.45, 2.75) is 26.4 Å². The van der Waals surface area contributed by atoms with E-state index in [0.29, 0.717) is 29.5 Å². The number of halogens is 3. The molecule has 0 unspecified atom stereocenters. The van der Waals surface area contributed by atoms with Crippen LogP contribution in [-0.4, -0.2) is 34.1 Å². The van der Waals surface area contributed by atoms with Crippen molar-refractivity contribution >= 4 is 17.2 Å². The van der Waals surface area contributed by atoms with E-state index in [1.54, 1.807) is 11.8 Å². The molecule has 1 aromatic carbocycles. The molecule has 0 fully saturated rings. The molecular weight excluding hydrogens is 327 g/mol. The quantitative estimate of drug-likeness (QED) is 0.834. The summed E-state index contributed by atoms with van der Waals surface area (Å²) >= 11 is 1.23. The molecule has 1 heterocycles. The van der Waals surface area contributed by atoms with Gasteiger partial charge < -0.3 is 4.90 Å². The Morgan fingerprint density at radius 2 is 1.87 bits per heavy atom. The molecule has 0 atom stereocenters. The number of carbonyl (C=O) groups is 1. The summed E-state index contributed by atoms with van der Waals surface area (Å²) in [6.07, 6.45) is -3.85. The van der Waals surface area contributed by atoms with Crippen molar-refractivity contribution in [2.75, 3.05) is 13.1 Å². The summed E-state index contributed by atoms with van der Waals surface area (Å²) < 4.78 is 37.6. The highest BCUT2D eigenvalue weighted by molar-refractivity contribution is 7.13. The van der Waals surface area contributed by atoms with Crippen molar-refractivity contribution < 1.29 is 18.0 Å². The molecule has 2 aromatic rings. The number of rotatable bonds is 5. The first-order valence-electron chi connectivity index (χ1n) is 7.06. The lowest BCUT2D eigenvalue weighted by molar-refractivity contribution is -0.137. The van der Waals surface area contributed by atoms with Gasteiger partial charge in [-0.1, -0.05) is 23.5 Å². The Labute approximate surface area is 136 Å². The van der Waals surface area contributed by atoms with Crippen LogP contribution in [0.2, 0.25) is 0 Å². The Kier molecular flexibility index (Phi) is 5.35. The first-order valence-corrected chi connectivity index (χ1v) is 7.88. The molecule has 0 aliphatic carbocycles. The molecule has 0 radical (unpaired) electrons. The SMILES string of the molecule is CCN(CCc1ccc(C(F)(F)F)cc1)C(=O)c1nnc(C)s1. The molecule has 8 heteroatoms. The van der Waals surface area contributed by atoms with Gasteiger partial charge in [-0.15, -0.1) is 10.2 Å². The highest BCUT2D eigenvalue weighted by atomic mass is 32.1. The molecule has 23 heavy (non-hydrogen) atoms. The smallest absolute Gasteiger partial charge is 0.336 e. The van der Waals surface area contributed by atoms with E-state index in [9.17, 15) is 18.0 Å². The fourth-order valence-electron chi connectivity index (χ4n) is 2.05. The third-order valence-electron chi connectivity index (χ3n) is 3.33. The minimum absolute atomic E-state index is 0.204. The monoisotopic (exact) mass is 343 g/mol. The molecule has 2 rings (SSSR count). The number of nitrogens with zero attached hydrogens (tertiary/aromatic N) is 3. The van der Waals surface area contributed by atoms with Crippen LogP contribution >= 0.6 is 11.3 Å². The van der Waals surface area contributed by atoms with Gasteiger partial charge in [0, 0.05) is 13.1 Å². The number of alkyl halides is 3. The lowest BCUT2D eigenvalue weighted by Crippen LogP contribution is -2.32. The largest absolute Gasteiger partial charge is 0.416 e. The van der Waals surface area contributed by atoms with Gasteiger partial charge in [0.1, 0.15) is 5.01 Å². The molecule has 0 saturated carbocycles. The van der Waals surface area contributed by atoms with E-state index in [-0.39, 0.29) is 5.91 Å². The maximum absolute atomic E-state index is 12.5. The summed E-state index contributed by atoms with van der Waals surface area (Å²) in [7, 11) is 0. The second-order valence-electron chi connectivity index (χ2n) is 4.96. The van der Waals surface area contributed by atoms with Crippen molar-refractivity contribution in [3.05, 3.63) is 45.4 Å². The van der Waals surface area contributed by atoms with Gasteiger partial charge in [-0.2, -0.15) is 13.2 Å². The molecule has 0 saturated heterocycles. The van der Waals surface area contributed by atoms with Crippen LogP contribution in [0.4, 0.5) is 13.2 Å². The van der Waals surface area contributed by atoms with Crippen molar-refractivity contribution in [1.82, 2.24) is 15.1 Å². The molecule has 1 amide bonds. The van der Waals surface area contributed by atoms with Gasteiger partial charge in [-0.3, -0.25) is 4.79 Å². The van der Waals surface area contributed by atoms with Crippen molar-refractivity contribution in [3.63, 3.8) is 0 Å². The zero-order chi connectivity index (χ0) is 17.0. The number of aromatic nitrogens is 2. The van der Waals surface area contributed by atoms with Crippen LogP contribution in [0.25, 0.3) is 0 Å². The predicted octanol–water partition coefficient (Wildman–Crippen LogP) is 3.57. The summed E-state index contributed by atoms with van der Waals surface area (Å²) in [6, 6.07) is 5.00. The van der Waals surface area contributed by atoms with Gasteiger partial charge >= 0.3 is 6.18 Å². The van der Waals surface area contributed by atoms with Crippen LogP contribution in [0.3, 0.4) is 0 Å². The first-order chi connectivity index (χ1) is 10.8. The van der Waals surface area contributed by atoms with Gasteiger partial charge in [-0.05, 0) is 38.0 Å². The molecule has 0 aliphatic heterocycles. The maximum Gasteiger partial charge on any atom is 0.416 e. The van der Waals surface area contributed by atoms with E-state index < -0.39 is 11.7 Å². The third-order valence-corrected chi connectivity index (χ3v) is 4.16. The highest BCUT2D eigenvalue weighted by Gasteiger charge is 2.29. The average molecular weight is 343 g/mol. The number of likely N-dealkylation sites (N-methyl/N-ethyl adjacent to an activating group) is 1. The van der Waals surface area contributed by atoms with E-state index in [4.69, 9.17) is 0 Å². The van der Waals surface area contributed by atoms with Crippen molar-refractivity contribution in [1.29, 1.82) is 0 Å². The number of hydrogen-bond donors (Lipinski definition) is 0. The van der Waals surface area contributed by atoms with Crippen LogP contribution in [0.5, 0.6) is 0 Å². The minimum Gasteiger partial charge on any atom is -0.336 e. The standard InChI is InChI=1S/C15H16F3N3OS/c1-3-21(14(22)13-20-19-10(2)23-13)9-8-11-4-6-12(7-5-11)15(16,17)18/h4-7H,3,8-9H2,1-2H3. The summed E-state index contributed by atoms with van der Waals surface area (Å²) in [5.41, 5.74) is 0.0757. The van der Waals surface area contributed by atoms with Crippen molar-refractivity contribution in [2.24, 2.45) is 0 Å². The Morgan fingerprint density at radius 3 is 2.35 bits per heavy atom. The van der Waals surface area contributed by atoms with Gasteiger partial charge in [0.05, 0.1) is 5.56 Å². The normalized spacial score (nSPS) is 11.5. The second-order valence-corrected chi connectivity index (χ2v) is 6.14. The van der Waals surface area contributed by atoms with E-state index in [0.717, 1.165) is 17.7 Å². The molecule has 124 valence electrons. The van der Waals surface area contributed by atoms with Crippen molar-refractivity contribution in [3.8, 4) is 0 Å². The fourth-order valence-corrected chi connectivity index (χ4v) is 2.71. The van der Waals surface area contributed by atoms with E-state index >= 15 is 0 Å². The van der Waals surface area contributed by atoms with Crippen LogP contribution in [0.1, 0.15) is 32.9 Å². The number of hydrogen-bond acceptors (Lipinski definition) is 4. The van der Waals surface area contributed by atoms with Crippen LogP contribution in [0.15, 0.2) is 24.3 Å². The molecule has 1 aromatic heterocycles. The number of carbonyl (C=O) groups excluding carboxylic acids is 1. The minimum atomic E-state index is -4.33. The Bertz CT molecular complexity index is 667. The summed E-state index contributed by atoms with van der Waals surface area (Å²) in [5, 5.41) is 8.70. The van der Waals surface area contributed by atoms with Crippen LogP contribution in [0, 0.1) is 6.92 Å². The molecule has 0 spiro atoms. The zero-order valence-electron chi connectivity index (χ0n) is 12.7. The number of aryl methyl sites for hydroxylation is 1. The number of benzene rings is 1. The second kappa shape index (κ2) is 7.08. The highest BCUT2D eigenvalue weighted by Crippen LogP contribution is 2.29. The van der Waals surface area contributed by atoms with E-state index in [2.05, 4.69) is 10.2 Å². The van der Waals surface area contributed by atoms with Crippen LogP contribution < -0.4 is 0 Å². The van der Waals surface area contributed by atoms with Gasteiger partial charge in [-0.25, -0.2) is 0 Å². The van der Waals surface area contributed by atoms with Gasteiger partial charge in [0.25, 0.3) is 5.91 Å². The van der Waals surface area contributed by atoms with Gasteiger partial charge in [0.2, 0.25) is 5.01 Å². The van der Waals surface area contributed by atoms with Crippen LogP contribution in [-0.2, 0) is 12.6 Å². The molecular formula is C15H16F3N3OS. The molecule has 0 aliphatic rings. The first kappa shape index (κ1) is 17.4. The van der Waals surface area contributed by atoms with E-state index in [1.165, 1.54) is 23.5 Å². The Balaban J connectivity index is 1.99. The molecule has 0 bridgehead atoms. The van der Waals surface area contributed by atoms with E-state index in [1.807, 2.05) is 6.92 Å². The molecule has 0 N–H and O–H groups in total. The zero-order valence-corrected chi connectivity index (χ0v) is 13.5.